The van der Waals surface area contributed by atoms with Crippen molar-refractivity contribution in [2.75, 3.05) is 13.2 Å². The van der Waals surface area contributed by atoms with Gasteiger partial charge in [-0.3, -0.25) is 14.9 Å². The number of hydrogen-bond donors (Lipinski definition) is 2. The van der Waals surface area contributed by atoms with Gasteiger partial charge in [0.25, 0.3) is 5.91 Å². The van der Waals surface area contributed by atoms with Crippen LogP contribution < -0.4 is 10.6 Å². The first-order chi connectivity index (χ1) is 13.5. The summed E-state index contributed by atoms with van der Waals surface area (Å²) in [5.41, 5.74) is 1.10. The lowest BCUT2D eigenvalue weighted by atomic mass is 10.1. The van der Waals surface area contributed by atoms with Gasteiger partial charge in [0, 0.05) is 11.1 Å². The monoisotopic (exact) mass is 412 g/mol. The predicted octanol–water partition coefficient (Wildman–Crippen LogP) is 2.69. The Kier molecular flexibility index (Phi) is 6.75. The van der Waals surface area contributed by atoms with Crippen molar-refractivity contribution in [3.8, 4) is 11.3 Å². The summed E-state index contributed by atoms with van der Waals surface area (Å²) in [5.74, 6) is -2.16. The van der Waals surface area contributed by atoms with E-state index in [2.05, 4.69) is 4.74 Å². The predicted molar refractivity (Wildman–Crippen MR) is 92.0 cm³/mol. The maximum Gasteiger partial charge on any atom is 0.405 e. The molecule has 0 radical (unpaired) electrons. The molecule has 0 aliphatic rings. The number of carbonyl (C=O) groups excluding carboxylic acids is 4. The molecular weight excluding hydrogens is 397 g/mol. The molecular formula is C18H15F3N2O6. The molecule has 0 spiro atoms. The third-order valence-corrected chi connectivity index (χ3v) is 3.42. The third-order valence-electron chi connectivity index (χ3n) is 3.42. The van der Waals surface area contributed by atoms with Crippen LogP contribution in [-0.2, 0) is 9.53 Å². The molecule has 8 nitrogen and oxygen atoms in total. The SMILES string of the molecule is CC(=O)c1ccc(-c2ccc(C(=O)OCC(=O)NC(=O)NCC(F)(F)F)o2)cc1. The topological polar surface area (TPSA) is 115 Å². The van der Waals surface area contributed by atoms with Crippen LogP contribution >= 0.6 is 0 Å². The molecule has 3 amide bonds. The quantitative estimate of drug-likeness (QED) is 0.557. The molecule has 0 aliphatic carbocycles. The highest BCUT2D eigenvalue weighted by molar-refractivity contribution is 5.96. The number of hydrogen-bond acceptors (Lipinski definition) is 6. The fraction of sp³-hybridized carbons (Fsp3) is 0.222. The van der Waals surface area contributed by atoms with Crippen molar-refractivity contribution in [2.24, 2.45) is 0 Å². The number of rotatable bonds is 6. The number of nitrogens with one attached hydrogen (secondary N) is 2. The maximum atomic E-state index is 12.0. The van der Waals surface area contributed by atoms with E-state index in [4.69, 9.17) is 4.42 Å². The van der Waals surface area contributed by atoms with Gasteiger partial charge in [-0.2, -0.15) is 13.2 Å². The van der Waals surface area contributed by atoms with Crippen LogP contribution in [0.25, 0.3) is 11.3 Å². The van der Waals surface area contributed by atoms with Crippen molar-refractivity contribution in [2.45, 2.75) is 13.1 Å². The molecule has 0 aliphatic heterocycles. The van der Waals surface area contributed by atoms with Crippen molar-refractivity contribution in [3.63, 3.8) is 0 Å². The van der Waals surface area contributed by atoms with Crippen LogP contribution in [0, 0.1) is 0 Å². The van der Waals surface area contributed by atoms with Crippen molar-refractivity contribution in [1.82, 2.24) is 10.6 Å². The van der Waals surface area contributed by atoms with Gasteiger partial charge in [0.2, 0.25) is 5.76 Å². The summed E-state index contributed by atoms with van der Waals surface area (Å²) in [6.45, 7) is -1.10. The molecule has 11 heteroatoms. The molecule has 2 aromatic rings. The summed E-state index contributed by atoms with van der Waals surface area (Å²) in [5, 5.41) is 3.01. The second kappa shape index (κ2) is 9.04. The number of amides is 3. The maximum absolute atomic E-state index is 12.0. The molecule has 1 aromatic heterocycles. The Balaban J connectivity index is 1.86. The normalized spacial score (nSPS) is 10.9. The lowest BCUT2D eigenvalue weighted by Gasteiger charge is -2.09. The van der Waals surface area contributed by atoms with Gasteiger partial charge in [-0.05, 0) is 19.1 Å². The molecule has 2 rings (SSSR count). The minimum Gasteiger partial charge on any atom is -0.450 e. The highest BCUT2D eigenvalue weighted by atomic mass is 19.4. The summed E-state index contributed by atoms with van der Waals surface area (Å²) in [6.07, 6.45) is -4.63. The molecule has 0 unspecified atom stereocenters. The van der Waals surface area contributed by atoms with E-state index in [1.807, 2.05) is 0 Å². The van der Waals surface area contributed by atoms with E-state index in [0.29, 0.717) is 16.9 Å². The number of imide groups is 1. The zero-order valence-electron chi connectivity index (χ0n) is 15.0. The molecule has 0 saturated heterocycles. The van der Waals surface area contributed by atoms with Crippen LogP contribution in [0.3, 0.4) is 0 Å². The van der Waals surface area contributed by atoms with Gasteiger partial charge in [0.05, 0.1) is 0 Å². The average Bonchev–Trinajstić information content (AvgIpc) is 3.14. The van der Waals surface area contributed by atoms with Crippen LogP contribution in [0.5, 0.6) is 0 Å². The zero-order valence-corrected chi connectivity index (χ0v) is 15.0. The van der Waals surface area contributed by atoms with E-state index >= 15 is 0 Å². The summed E-state index contributed by atoms with van der Waals surface area (Å²) in [4.78, 5) is 45.7. The van der Waals surface area contributed by atoms with Crippen molar-refractivity contribution >= 4 is 23.7 Å². The smallest absolute Gasteiger partial charge is 0.405 e. The fourth-order valence-corrected chi connectivity index (χ4v) is 2.06. The molecule has 0 bridgehead atoms. The van der Waals surface area contributed by atoms with Gasteiger partial charge >= 0.3 is 18.2 Å². The molecule has 2 N–H and O–H groups in total. The lowest BCUT2D eigenvalue weighted by molar-refractivity contribution is -0.125. The number of Topliss-reactive ketones (excluding diaryl/α,β-unsaturated/α-hetero) is 1. The lowest BCUT2D eigenvalue weighted by Crippen LogP contribution is -2.44. The second-order valence-corrected chi connectivity index (χ2v) is 5.72. The first kappa shape index (κ1) is 21.7. The van der Waals surface area contributed by atoms with Crippen LogP contribution in [0.15, 0.2) is 40.8 Å². The van der Waals surface area contributed by atoms with E-state index in [0.717, 1.165) is 0 Å². The van der Waals surface area contributed by atoms with Crippen molar-refractivity contribution < 1.29 is 41.5 Å². The number of halogens is 3. The van der Waals surface area contributed by atoms with Crippen LogP contribution in [0.2, 0.25) is 0 Å². The number of urea groups is 1. The Morgan fingerprint density at radius 2 is 1.69 bits per heavy atom. The van der Waals surface area contributed by atoms with Gasteiger partial charge in [0.15, 0.2) is 12.4 Å². The first-order valence-electron chi connectivity index (χ1n) is 8.08. The third kappa shape index (κ3) is 6.79. The Bertz CT molecular complexity index is 918. The standard InChI is InChI=1S/C18H15F3N2O6/c1-10(24)11-2-4-12(5-3-11)13-6-7-14(29-13)16(26)28-8-15(25)23-17(27)22-9-18(19,20)21/h2-7H,8-9H2,1H3,(H2,22,23,25,27). The van der Waals surface area contributed by atoms with Crippen LogP contribution in [-0.4, -0.2) is 43.0 Å². The summed E-state index contributed by atoms with van der Waals surface area (Å²) < 4.78 is 45.8. The highest BCUT2D eigenvalue weighted by Crippen LogP contribution is 2.23. The Labute approximate surface area is 162 Å². The number of esters is 1. The zero-order chi connectivity index (χ0) is 21.6. The summed E-state index contributed by atoms with van der Waals surface area (Å²) >= 11 is 0. The minimum atomic E-state index is -4.63. The summed E-state index contributed by atoms with van der Waals surface area (Å²) in [6, 6.07) is 7.82. The molecule has 154 valence electrons. The number of ketones is 1. The molecule has 0 fully saturated rings. The minimum absolute atomic E-state index is 0.106. The number of ether oxygens (including phenoxy) is 1. The Hall–Kier alpha value is -3.63. The van der Waals surface area contributed by atoms with Crippen LogP contribution in [0.1, 0.15) is 27.8 Å². The first-order valence-corrected chi connectivity index (χ1v) is 8.08. The Morgan fingerprint density at radius 1 is 1.03 bits per heavy atom. The van der Waals surface area contributed by atoms with Crippen molar-refractivity contribution in [3.05, 3.63) is 47.7 Å². The van der Waals surface area contributed by atoms with E-state index in [1.54, 1.807) is 29.6 Å². The van der Waals surface area contributed by atoms with E-state index in [9.17, 15) is 32.3 Å². The van der Waals surface area contributed by atoms with Gasteiger partial charge in [-0.1, -0.05) is 24.3 Å². The van der Waals surface area contributed by atoms with Gasteiger partial charge in [-0.15, -0.1) is 0 Å². The number of furan rings is 1. The van der Waals surface area contributed by atoms with E-state index in [1.165, 1.54) is 24.4 Å². The number of carbonyl (C=O) groups is 4. The highest BCUT2D eigenvalue weighted by Gasteiger charge is 2.28. The van der Waals surface area contributed by atoms with Gasteiger partial charge in [-0.25, -0.2) is 9.59 Å². The van der Waals surface area contributed by atoms with Crippen LogP contribution in [0.4, 0.5) is 18.0 Å². The molecule has 0 saturated carbocycles. The molecule has 1 aromatic carbocycles. The van der Waals surface area contributed by atoms with Gasteiger partial charge < -0.3 is 14.5 Å². The van der Waals surface area contributed by atoms with E-state index < -0.39 is 37.2 Å². The number of benzene rings is 1. The largest absolute Gasteiger partial charge is 0.450 e. The second-order valence-electron chi connectivity index (χ2n) is 5.72. The average molecular weight is 412 g/mol. The van der Waals surface area contributed by atoms with Gasteiger partial charge in [0.1, 0.15) is 12.3 Å². The molecule has 29 heavy (non-hydrogen) atoms. The van der Waals surface area contributed by atoms with E-state index in [-0.39, 0.29) is 11.5 Å². The Morgan fingerprint density at radius 3 is 2.28 bits per heavy atom. The van der Waals surface area contributed by atoms with Crippen molar-refractivity contribution in [1.29, 1.82) is 0 Å². The summed E-state index contributed by atoms with van der Waals surface area (Å²) in [7, 11) is 0. The number of alkyl halides is 3. The molecule has 0 atom stereocenters. The fourth-order valence-electron chi connectivity index (χ4n) is 2.06. The molecule has 1 heterocycles.